The van der Waals surface area contributed by atoms with Crippen LogP contribution in [-0.4, -0.2) is 19.5 Å². The van der Waals surface area contributed by atoms with E-state index in [4.69, 9.17) is 4.74 Å². The third-order valence-corrected chi connectivity index (χ3v) is 4.56. The zero-order valence-corrected chi connectivity index (χ0v) is 10.9. The minimum atomic E-state index is 0.325. The van der Waals surface area contributed by atoms with Crippen LogP contribution in [0.2, 0.25) is 0 Å². The minimum absolute atomic E-state index is 0.325. The zero-order valence-electron chi connectivity index (χ0n) is 9.17. The van der Waals surface area contributed by atoms with Crippen LogP contribution < -0.4 is 4.74 Å². The molecule has 0 atom stereocenters. The predicted molar refractivity (Wildman–Crippen MR) is 69.5 cm³/mol. The molecule has 0 radical (unpaired) electrons. The number of hydrogen-bond acceptors (Lipinski definition) is 2. The van der Waals surface area contributed by atoms with Crippen LogP contribution >= 0.6 is 0 Å². The second-order valence-corrected chi connectivity index (χ2v) is 6.02. The second-order valence-electron chi connectivity index (χ2n) is 3.68. The summed E-state index contributed by atoms with van der Waals surface area (Å²) >= 11 is 0.325. The van der Waals surface area contributed by atoms with Gasteiger partial charge in [0.2, 0.25) is 0 Å². The van der Waals surface area contributed by atoms with E-state index in [0.717, 1.165) is 15.8 Å². The fourth-order valence-electron chi connectivity index (χ4n) is 1.64. The van der Waals surface area contributed by atoms with Crippen molar-refractivity contribution in [2.75, 3.05) is 0 Å². The Morgan fingerprint density at radius 1 is 0.941 bits per heavy atom. The fraction of sp³-hybridized carbons (Fsp3) is 0.0714. The molecule has 0 saturated carbocycles. The molecule has 0 spiro atoms. The van der Waals surface area contributed by atoms with Gasteiger partial charge in [0, 0.05) is 0 Å². The fourth-order valence-corrected chi connectivity index (χ4v) is 3.49. The molecule has 0 fully saturated rings. The van der Waals surface area contributed by atoms with Crippen LogP contribution in [0.5, 0.6) is 5.75 Å². The molecule has 0 aliphatic rings. The van der Waals surface area contributed by atoms with Crippen LogP contribution in [0.15, 0.2) is 54.6 Å². The van der Waals surface area contributed by atoms with Crippen molar-refractivity contribution in [2.24, 2.45) is 0 Å². The quantitative estimate of drug-likeness (QED) is 0.691. The molecule has 1 heterocycles. The molecule has 2 nitrogen and oxygen atoms in total. The molecular formula is C14H11NOSe. The van der Waals surface area contributed by atoms with Gasteiger partial charge in [-0.05, 0) is 0 Å². The number of nitrogens with zero attached hydrogens (tertiary/aromatic N) is 1. The van der Waals surface area contributed by atoms with Crippen molar-refractivity contribution in [3.05, 3.63) is 59.2 Å². The summed E-state index contributed by atoms with van der Waals surface area (Å²) in [6.45, 7) is 0.596. The summed E-state index contributed by atoms with van der Waals surface area (Å²) < 4.78 is 8.21. The first-order valence-electron chi connectivity index (χ1n) is 5.44. The molecule has 0 aliphatic heterocycles. The molecule has 0 unspecified atom stereocenters. The summed E-state index contributed by atoms with van der Waals surface area (Å²) in [6, 6.07) is 18.2. The molecule has 3 rings (SSSR count). The number of benzene rings is 2. The van der Waals surface area contributed by atoms with Crippen molar-refractivity contribution in [1.82, 2.24) is 4.98 Å². The molecule has 3 aromatic rings. The van der Waals surface area contributed by atoms with E-state index < -0.39 is 0 Å². The van der Waals surface area contributed by atoms with Crippen molar-refractivity contribution in [2.45, 2.75) is 6.61 Å². The monoisotopic (exact) mass is 289 g/mol. The summed E-state index contributed by atoms with van der Waals surface area (Å²) in [5.74, 6) is 0.905. The summed E-state index contributed by atoms with van der Waals surface area (Å²) in [5.41, 5.74) is 1.11. The van der Waals surface area contributed by atoms with Gasteiger partial charge in [0.05, 0.1) is 0 Å². The number of fused-ring (bicyclic) bond motifs is 1. The van der Waals surface area contributed by atoms with E-state index in [-0.39, 0.29) is 0 Å². The molecule has 2 aromatic carbocycles. The number of ether oxygens (including phenoxy) is 1. The molecule has 0 amide bonds. The molecule has 0 aliphatic carbocycles. The van der Waals surface area contributed by atoms with E-state index in [0.29, 0.717) is 21.1 Å². The summed E-state index contributed by atoms with van der Waals surface area (Å²) in [5, 5.41) is 0. The van der Waals surface area contributed by atoms with Gasteiger partial charge >= 0.3 is 106 Å². The van der Waals surface area contributed by atoms with E-state index in [1.54, 1.807) is 0 Å². The zero-order chi connectivity index (χ0) is 11.5. The third kappa shape index (κ3) is 2.41. The van der Waals surface area contributed by atoms with E-state index in [2.05, 4.69) is 23.2 Å². The maximum atomic E-state index is 5.71. The topological polar surface area (TPSA) is 22.1 Å². The van der Waals surface area contributed by atoms with Crippen molar-refractivity contribution in [3.63, 3.8) is 0 Å². The molecular weight excluding hydrogens is 277 g/mol. The predicted octanol–water partition coefficient (Wildman–Crippen LogP) is 2.87. The Labute approximate surface area is 106 Å². The first-order chi connectivity index (χ1) is 8.42. The first kappa shape index (κ1) is 10.6. The van der Waals surface area contributed by atoms with Gasteiger partial charge < -0.3 is 0 Å². The van der Waals surface area contributed by atoms with Crippen molar-refractivity contribution in [1.29, 1.82) is 0 Å². The Balaban J connectivity index is 1.77. The van der Waals surface area contributed by atoms with Gasteiger partial charge in [-0.25, -0.2) is 0 Å². The van der Waals surface area contributed by atoms with Gasteiger partial charge in [-0.2, -0.15) is 0 Å². The Morgan fingerprint density at radius 3 is 2.53 bits per heavy atom. The molecule has 0 bridgehead atoms. The Kier molecular flexibility index (Phi) is 2.95. The van der Waals surface area contributed by atoms with Crippen LogP contribution in [0, 0.1) is 0 Å². The summed E-state index contributed by atoms with van der Waals surface area (Å²) in [6.07, 6.45) is 0. The van der Waals surface area contributed by atoms with Crippen molar-refractivity contribution >= 4 is 24.3 Å². The Bertz CT molecular complexity index is 585. The van der Waals surface area contributed by atoms with Crippen LogP contribution in [-0.2, 0) is 6.61 Å². The normalized spacial score (nSPS) is 10.6. The van der Waals surface area contributed by atoms with Gasteiger partial charge in [-0.3, -0.25) is 0 Å². The van der Waals surface area contributed by atoms with Gasteiger partial charge in [-0.15, -0.1) is 0 Å². The Morgan fingerprint density at radius 2 is 1.71 bits per heavy atom. The number of para-hydroxylation sites is 2. The molecule has 1 aromatic heterocycles. The van der Waals surface area contributed by atoms with Crippen molar-refractivity contribution in [3.8, 4) is 5.75 Å². The number of aromatic nitrogens is 1. The van der Waals surface area contributed by atoms with Gasteiger partial charge in [0.15, 0.2) is 0 Å². The van der Waals surface area contributed by atoms with E-state index in [1.165, 1.54) is 4.26 Å². The molecule has 84 valence electrons. The second kappa shape index (κ2) is 4.74. The van der Waals surface area contributed by atoms with Crippen LogP contribution in [0.4, 0.5) is 0 Å². The summed E-state index contributed by atoms with van der Waals surface area (Å²) in [7, 11) is 0. The van der Waals surface area contributed by atoms with Crippen LogP contribution in [0.25, 0.3) is 9.78 Å². The SMILES string of the molecule is c1ccc(OCc2nc3ccccc3[se]2)cc1. The van der Waals surface area contributed by atoms with Crippen LogP contribution in [0.3, 0.4) is 0 Å². The van der Waals surface area contributed by atoms with E-state index >= 15 is 0 Å². The first-order valence-corrected chi connectivity index (χ1v) is 7.15. The van der Waals surface area contributed by atoms with Gasteiger partial charge in [0.1, 0.15) is 0 Å². The van der Waals surface area contributed by atoms with Gasteiger partial charge in [-0.1, -0.05) is 0 Å². The van der Waals surface area contributed by atoms with Gasteiger partial charge in [0.25, 0.3) is 0 Å². The van der Waals surface area contributed by atoms with E-state index in [9.17, 15) is 0 Å². The average molecular weight is 288 g/mol. The standard InChI is InChI=1S/C14H11NOSe/c1-2-6-11(7-3-1)16-10-14-15-12-8-4-5-9-13(12)17-14/h1-9H,10H2. The van der Waals surface area contributed by atoms with E-state index in [1.807, 2.05) is 36.4 Å². The molecule has 0 N–H and O–H groups in total. The molecule has 17 heavy (non-hydrogen) atoms. The van der Waals surface area contributed by atoms with Crippen LogP contribution in [0.1, 0.15) is 4.57 Å². The third-order valence-electron chi connectivity index (χ3n) is 2.44. The maximum absolute atomic E-state index is 5.71. The summed E-state index contributed by atoms with van der Waals surface area (Å²) in [4.78, 5) is 4.59. The number of hydrogen-bond donors (Lipinski definition) is 0. The number of rotatable bonds is 3. The Hall–Kier alpha value is -1.57. The molecule has 0 saturated heterocycles. The van der Waals surface area contributed by atoms with Crippen molar-refractivity contribution < 1.29 is 4.74 Å². The molecule has 3 heteroatoms. The average Bonchev–Trinajstić information content (AvgIpc) is 2.80.